The number of aliphatic hydroxyl groups excluding tert-OH is 1. The number of amides is 1. The number of hydrogen-bond acceptors (Lipinski definition) is 3. The van der Waals surface area contributed by atoms with Gasteiger partial charge in [0.25, 0.3) is 5.91 Å². The van der Waals surface area contributed by atoms with Gasteiger partial charge in [0.1, 0.15) is 10.3 Å². The summed E-state index contributed by atoms with van der Waals surface area (Å²) in [5.41, 5.74) is 0.476. The molecule has 1 aliphatic heterocycles. The summed E-state index contributed by atoms with van der Waals surface area (Å²) in [6, 6.07) is 5.36. The van der Waals surface area contributed by atoms with Gasteiger partial charge < -0.3 is 10.0 Å². The highest BCUT2D eigenvalue weighted by Gasteiger charge is 2.34. The van der Waals surface area contributed by atoms with Crippen LogP contribution in [0.25, 0.3) is 0 Å². The number of pyridine rings is 1. The maximum Gasteiger partial charge on any atom is 0.272 e. The summed E-state index contributed by atoms with van der Waals surface area (Å²) in [5, 5.41) is 9.50. The molecule has 0 aliphatic carbocycles. The van der Waals surface area contributed by atoms with E-state index in [9.17, 15) is 9.90 Å². The third-order valence-corrected chi connectivity index (χ3v) is 4.57. The summed E-state index contributed by atoms with van der Waals surface area (Å²) >= 11 is 3.28. The molecule has 2 heterocycles. The van der Waals surface area contributed by atoms with Gasteiger partial charge in [-0.15, -0.1) is 0 Å². The Bertz CT molecular complexity index is 451. The molecule has 0 aromatic carbocycles. The minimum Gasteiger partial charge on any atom is -0.396 e. The first kappa shape index (κ1) is 14.5. The summed E-state index contributed by atoms with van der Waals surface area (Å²) < 4.78 is 0.675. The SMILES string of the molecule is CCC1(CO)CCN(C(=O)c2cccc(Br)n2)CC1. The van der Waals surface area contributed by atoms with Crippen molar-refractivity contribution in [3.63, 3.8) is 0 Å². The molecule has 1 fully saturated rings. The Labute approximate surface area is 122 Å². The average molecular weight is 327 g/mol. The van der Waals surface area contributed by atoms with Gasteiger partial charge in [-0.25, -0.2) is 4.98 Å². The summed E-state index contributed by atoms with van der Waals surface area (Å²) in [6.45, 7) is 3.70. The molecule has 2 rings (SSSR count). The van der Waals surface area contributed by atoms with Gasteiger partial charge in [-0.2, -0.15) is 0 Å². The average Bonchev–Trinajstić information content (AvgIpc) is 2.46. The van der Waals surface area contributed by atoms with Crippen LogP contribution in [0.4, 0.5) is 0 Å². The van der Waals surface area contributed by atoms with Crippen molar-refractivity contribution in [1.82, 2.24) is 9.88 Å². The maximum absolute atomic E-state index is 12.3. The normalized spacial score (nSPS) is 18.4. The first-order valence-corrected chi connectivity index (χ1v) is 7.42. The highest BCUT2D eigenvalue weighted by molar-refractivity contribution is 9.10. The van der Waals surface area contributed by atoms with Crippen molar-refractivity contribution in [3.05, 3.63) is 28.5 Å². The lowest BCUT2D eigenvalue weighted by atomic mass is 9.77. The van der Waals surface area contributed by atoms with Crippen LogP contribution >= 0.6 is 15.9 Å². The van der Waals surface area contributed by atoms with Crippen LogP contribution in [0.1, 0.15) is 36.7 Å². The lowest BCUT2D eigenvalue weighted by Gasteiger charge is -2.40. The second kappa shape index (κ2) is 6.01. The van der Waals surface area contributed by atoms with Gasteiger partial charge in [0.2, 0.25) is 0 Å². The number of nitrogens with zero attached hydrogens (tertiary/aromatic N) is 2. The first-order valence-electron chi connectivity index (χ1n) is 6.63. The number of rotatable bonds is 3. The van der Waals surface area contributed by atoms with E-state index in [0.717, 1.165) is 19.3 Å². The molecule has 0 saturated carbocycles. The van der Waals surface area contributed by atoms with Gasteiger partial charge in [-0.1, -0.05) is 13.0 Å². The molecule has 4 nitrogen and oxygen atoms in total. The van der Waals surface area contributed by atoms with Gasteiger partial charge in [-0.3, -0.25) is 4.79 Å². The number of carbonyl (C=O) groups is 1. The number of aromatic nitrogens is 1. The Hall–Kier alpha value is -0.940. The van der Waals surface area contributed by atoms with E-state index < -0.39 is 0 Å². The van der Waals surface area contributed by atoms with E-state index in [4.69, 9.17) is 0 Å². The first-order chi connectivity index (χ1) is 9.10. The van der Waals surface area contributed by atoms with Crippen LogP contribution in [-0.4, -0.2) is 40.6 Å². The molecule has 0 atom stereocenters. The zero-order valence-corrected chi connectivity index (χ0v) is 12.7. The van der Waals surface area contributed by atoms with Gasteiger partial charge >= 0.3 is 0 Å². The Morgan fingerprint density at radius 3 is 2.68 bits per heavy atom. The van der Waals surface area contributed by atoms with Crippen molar-refractivity contribution in [2.75, 3.05) is 19.7 Å². The molecule has 0 unspecified atom stereocenters. The molecule has 1 N–H and O–H groups in total. The van der Waals surface area contributed by atoms with E-state index in [2.05, 4.69) is 27.8 Å². The monoisotopic (exact) mass is 326 g/mol. The largest absolute Gasteiger partial charge is 0.396 e. The van der Waals surface area contributed by atoms with Crippen LogP contribution in [-0.2, 0) is 0 Å². The Kier molecular flexibility index (Phi) is 4.58. The number of aliphatic hydroxyl groups is 1. The van der Waals surface area contributed by atoms with Crippen molar-refractivity contribution >= 4 is 21.8 Å². The molecule has 104 valence electrons. The maximum atomic E-state index is 12.3. The highest BCUT2D eigenvalue weighted by Crippen LogP contribution is 2.34. The topological polar surface area (TPSA) is 53.4 Å². The highest BCUT2D eigenvalue weighted by atomic mass is 79.9. The molecule has 1 saturated heterocycles. The fourth-order valence-corrected chi connectivity index (χ4v) is 2.84. The second-order valence-corrected chi connectivity index (χ2v) is 5.96. The predicted molar refractivity (Wildman–Crippen MR) is 76.9 cm³/mol. The number of carbonyl (C=O) groups excluding carboxylic acids is 1. The van der Waals surface area contributed by atoms with Crippen LogP contribution in [0.5, 0.6) is 0 Å². The second-order valence-electron chi connectivity index (χ2n) is 5.15. The van der Waals surface area contributed by atoms with Crippen LogP contribution < -0.4 is 0 Å². The standard InChI is InChI=1S/C14H19BrN2O2/c1-2-14(10-18)6-8-17(9-7-14)13(19)11-4-3-5-12(15)16-11/h3-5,18H,2,6-10H2,1H3. The molecule has 5 heteroatoms. The van der Waals surface area contributed by atoms with Gasteiger partial charge in [0.05, 0.1) is 0 Å². The lowest BCUT2D eigenvalue weighted by Crippen LogP contribution is -2.44. The fraction of sp³-hybridized carbons (Fsp3) is 0.571. The molecule has 1 aromatic heterocycles. The molecule has 0 bridgehead atoms. The summed E-state index contributed by atoms with van der Waals surface area (Å²) in [5.74, 6) is -0.0241. The third-order valence-electron chi connectivity index (χ3n) is 4.13. The Balaban J connectivity index is 2.04. The van der Waals surface area contributed by atoms with Crippen LogP contribution in [0.2, 0.25) is 0 Å². The molecular weight excluding hydrogens is 308 g/mol. The van der Waals surface area contributed by atoms with E-state index in [-0.39, 0.29) is 17.9 Å². The number of piperidine rings is 1. The zero-order valence-electron chi connectivity index (χ0n) is 11.1. The minimum atomic E-state index is -0.0241. The predicted octanol–water partition coefficient (Wildman–Crippen LogP) is 2.47. The van der Waals surface area contributed by atoms with Gasteiger partial charge in [0, 0.05) is 19.7 Å². The Morgan fingerprint density at radius 2 is 2.16 bits per heavy atom. The third kappa shape index (κ3) is 3.15. The van der Waals surface area contributed by atoms with E-state index in [0.29, 0.717) is 23.4 Å². The van der Waals surface area contributed by atoms with E-state index in [1.807, 2.05) is 11.0 Å². The van der Waals surface area contributed by atoms with Crippen molar-refractivity contribution in [2.24, 2.45) is 5.41 Å². The quantitative estimate of drug-likeness (QED) is 0.868. The van der Waals surface area contributed by atoms with Crippen molar-refractivity contribution < 1.29 is 9.90 Å². The van der Waals surface area contributed by atoms with Crippen molar-refractivity contribution in [3.8, 4) is 0 Å². The number of halogens is 1. The summed E-state index contributed by atoms with van der Waals surface area (Å²) in [7, 11) is 0. The molecular formula is C14H19BrN2O2. The summed E-state index contributed by atoms with van der Waals surface area (Å²) in [4.78, 5) is 18.4. The van der Waals surface area contributed by atoms with Crippen LogP contribution in [0.3, 0.4) is 0 Å². The van der Waals surface area contributed by atoms with Crippen molar-refractivity contribution in [2.45, 2.75) is 26.2 Å². The van der Waals surface area contributed by atoms with Crippen molar-refractivity contribution in [1.29, 1.82) is 0 Å². The van der Waals surface area contributed by atoms with Gasteiger partial charge in [0.15, 0.2) is 0 Å². The van der Waals surface area contributed by atoms with E-state index in [1.54, 1.807) is 12.1 Å². The lowest BCUT2D eigenvalue weighted by molar-refractivity contribution is 0.0334. The molecule has 0 radical (unpaired) electrons. The minimum absolute atomic E-state index is 0.00147. The molecule has 1 aliphatic rings. The number of hydrogen-bond donors (Lipinski definition) is 1. The Morgan fingerprint density at radius 1 is 1.47 bits per heavy atom. The van der Waals surface area contributed by atoms with E-state index in [1.165, 1.54) is 0 Å². The van der Waals surface area contributed by atoms with Crippen LogP contribution in [0, 0.1) is 5.41 Å². The molecule has 1 amide bonds. The fourth-order valence-electron chi connectivity index (χ4n) is 2.50. The van der Waals surface area contributed by atoms with Crippen LogP contribution in [0.15, 0.2) is 22.8 Å². The molecule has 0 spiro atoms. The van der Waals surface area contributed by atoms with Gasteiger partial charge in [-0.05, 0) is 52.7 Å². The molecule has 19 heavy (non-hydrogen) atoms. The number of likely N-dealkylation sites (tertiary alicyclic amines) is 1. The zero-order chi connectivity index (χ0) is 13.9. The van der Waals surface area contributed by atoms with E-state index >= 15 is 0 Å². The smallest absolute Gasteiger partial charge is 0.272 e. The summed E-state index contributed by atoms with van der Waals surface area (Å²) in [6.07, 6.45) is 2.68. The molecule has 1 aromatic rings.